The zero-order valence-corrected chi connectivity index (χ0v) is 13.8. The Labute approximate surface area is 133 Å². The Morgan fingerprint density at radius 2 is 2.04 bits per heavy atom. The van der Waals surface area contributed by atoms with E-state index in [0.717, 1.165) is 11.3 Å². The Balaban J connectivity index is 1.92. The Kier molecular flexibility index (Phi) is 3.82. The Morgan fingerprint density at radius 3 is 2.65 bits per heavy atom. The van der Waals surface area contributed by atoms with Crippen molar-refractivity contribution in [3.8, 4) is 11.5 Å². The van der Waals surface area contributed by atoms with Gasteiger partial charge in [0.2, 0.25) is 10.0 Å². The predicted molar refractivity (Wildman–Crippen MR) is 83.0 cm³/mol. The number of nitrogens with zero attached hydrogens (tertiary/aromatic N) is 3. The van der Waals surface area contributed by atoms with E-state index >= 15 is 0 Å². The van der Waals surface area contributed by atoms with Crippen LogP contribution in [0.15, 0.2) is 33.8 Å². The largest absolute Gasteiger partial charge is 0.458 e. The third-order valence-corrected chi connectivity index (χ3v) is 5.56. The average Bonchev–Trinajstić information content (AvgIpc) is 3.20. The summed E-state index contributed by atoms with van der Waals surface area (Å²) in [7, 11) is -2.14. The summed E-state index contributed by atoms with van der Waals surface area (Å²) < 4.78 is 32.4. The van der Waals surface area contributed by atoms with E-state index in [1.165, 1.54) is 17.4 Å². The number of aromatic nitrogens is 4. The molecule has 0 fully saturated rings. The van der Waals surface area contributed by atoms with Crippen molar-refractivity contribution in [2.75, 3.05) is 7.05 Å². The van der Waals surface area contributed by atoms with Crippen LogP contribution in [0, 0.1) is 13.8 Å². The molecule has 3 heterocycles. The molecule has 0 atom stereocenters. The van der Waals surface area contributed by atoms with Crippen LogP contribution in [0.2, 0.25) is 0 Å². The molecule has 3 aromatic rings. The first-order chi connectivity index (χ1) is 10.9. The van der Waals surface area contributed by atoms with Gasteiger partial charge in [0, 0.05) is 37.1 Å². The van der Waals surface area contributed by atoms with Gasteiger partial charge in [-0.15, -0.1) is 0 Å². The summed E-state index contributed by atoms with van der Waals surface area (Å²) >= 11 is 0. The van der Waals surface area contributed by atoms with E-state index < -0.39 is 10.0 Å². The lowest BCUT2D eigenvalue weighted by Gasteiger charge is -2.16. The lowest BCUT2D eigenvalue weighted by atomic mass is 10.3. The molecule has 0 amide bonds. The van der Waals surface area contributed by atoms with E-state index in [2.05, 4.69) is 20.4 Å². The maximum Gasteiger partial charge on any atom is 0.246 e. The molecule has 0 saturated carbocycles. The molecule has 23 heavy (non-hydrogen) atoms. The molecule has 0 aliphatic rings. The maximum atomic E-state index is 12.8. The van der Waals surface area contributed by atoms with Crippen LogP contribution in [0.3, 0.4) is 0 Å². The minimum atomic E-state index is -3.67. The Hall–Kier alpha value is -2.39. The van der Waals surface area contributed by atoms with E-state index in [1.54, 1.807) is 25.4 Å². The molecule has 8 nitrogen and oxygen atoms in total. The van der Waals surface area contributed by atoms with Gasteiger partial charge in [-0.05, 0) is 19.9 Å². The van der Waals surface area contributed by atoms with E-state index in [4.69, 9.17) is 4.42 Å². The number of hydrogen-bond acceptors (Lipinski definition) is 5. The molecule has 0 unspecified atom stereocenters. The number of aryl methyl sites for hydroxylation is 2. The first kappa shape index (κ1) is 15.5. The molecule has 0 aromatic carbocycles. The van der Waals surface area contributed by atoms with Crippen LogP contribution < -0.4 is 0 Å². The van der Waals surface area contributed by atoms with Gasteiger partial charge in [0.15, 0.2) is 5.76 Å². The van der Waals surface area contributed by atoms with Crippen LogP contribution in [-0.4, -0.2) is 40.2 Å². The Morgan fingerprint density at radius 1 is 1.26 bits per heavy atom. The first-order valence-corrected chi connectivity index (χ1v) is 8.39. The van der Waals surface area contributed by atoms with Crippen LogP contribution >= 0.6 is 0 Å². The lowest BCUT2D eigenvalue weighted by Crippen LogP contribution is -2.26. The molecule has 3 rings (SSSR count). The summed E-state index contributed by atoms with van der Waals surface area (Å²) in [5.74, 6) is 0.775. The number of rotatable bonds is 5. The first-order valence-electron chi connectivity index (χ1n) is 6.95. The fraction of sp³-hybridized carbons (Fsp3) is 0.286. The highest BCUT2D eigenvalue weighted by Crippen LogP contribution is 2.29. The smallest absolute Gasteiger partial charge is 0.246 e. The second-order valence-corrected chi connectivity index (χ2v) is 7.30. The van der Waals surface area contributed by atoms with Gasteiger partial charge in [0.25, 0.3) is 0 Å². The third-order valence-electron chi connectivity index (χ3n) is 3.65. The monoisotopic (exact) mass is 335 g/mol. The fourth-order valence-electron chi connectivity index (χ4n) is 2.28. The van der Waals surface area contributed by atoms with Gasteiger partial charge in [-0.1, -0.05) is 0 Å². The van der Waals surface area contributed by atoms with Gasteiger partial charge in [0.1, 0.15) is 16.3 Å². The molecule has 0 radical (unpaired) electrons. The number of sulfonamides is 1. The summed E-state index contributed by atoms with van der Waals surface area (Å²) in [6, 6.07) is 3.23. The summed E-state index contributed by atoms with van der Waals surface area (Å²) in [5, 5.41) is 13.3. The molecule has 9 heteroatoms. The molecule has 0 spiro atoms. The van der Waals surface area contributed by atoms with Gasteiger partial charge >= 0.3 is 0 Å². The van der Waals surface area contributed by atoms with Gasteiger partial charge in [-0.3, -0.25) is 10.2 Å². The van der Waals surface area contributed by atoms with Crippen molar-refractivity contribution in [2.45, 2.75) is 25.3 Å². The summed E-state index contributed by atoms with van der Waals surface area (Å²) in [6.07, 6.45) is 3.20. The van der Waals surface area contributed by atoms with Gasteiger partial charge in [-0.25, -0.2) is 8.42 Å². The quantitative estimate of drug-likeness (QED) is 0.739. The molecular weight excluding hydrogens is 318 g/mol. The summed E-state index contributed by atoms with van der Waals surface area (Å²) in [5.41, 5.74) is 2.29. The predicted octanol–water partition coefficient (Wildman–Crippen LogP) is 1.83. The molecule has 0 aliphatic heterocycles. The van der Waals surface area contributed by atoms with Crippen molar-refractivity contribution >= 4 is 10.0 Å². The van der Waals surface area contributed by atoms with E-state index in [9.17, 15) is 8.42 Å². The standard InChI is InChI=1S/C14H17N5O3S/c1-9-11(7-16-17-9)8-19(3)23(20,21)14-6-13(22-10(14)2)12-4-5-15-18-12/h4-7H,8H2,1-3H3,(H,15,18)(H,16,17). The summed E-state index contributed by atoms with van der Waals surface area (Å²) in [4.78, 5) is 0.144. The number of nitrogens with one attached hydrogen (secondary N) is 2. The van der Waals surface area contributed by atoms with Crippen molar-refractivity contribution in [2.24, 2.45) is 0 Å². The lowest BCUT2D eigenvalue weighted by molar-refractivity contribution is 0.461. The zero-order valence-electron chi connectivity index (χ0n) is 13.0. The highest BCUT2D eigenvalue weighted by molar-refractivity contribution is 7.89. The molecular formula is C14H17N5O3S. The minimum Gasteiger partial charge on any atom is -0.458 e. The Bertz CT molecular complexity index is 908. The number of aromatic amines is 2. The third kappa shape index (κ3) is 2.80. The molecule has 0 saturated heterocycles. The van der Waals surface area contributed by atoms with Crippen molar-refractivity contribution < 1.29 is 12.8 Å². The second-order valence-electron chi connectivity index (χ2n) is 5.28. The van der Waals surface area contributed by atoms with Crippen molar-refractivity contribution in [3.63, 3.8) is 0 Å². The van der Waals surface area contributed by atoms with Crippen LogP contribution in [0.4, 0.5) is 0 Å². The second kappa shape index (κ2) is 5.67. The molecule has 0 aliphatic carbocycles. The minimum absolute atomic E-state index is 0.144. The van der Waals surface area contributed by atoms with Gasteiger partial charge < -0.3 is 4.42 Å². The molecule has 122 valence electrons. The fourth-order valence-corrected chi connectivity index (χ4v) is 3.58. The molecule has 3 aromatic heterocycles. The van der Waals surface area contributed by atoms with Crippen molar-refractivity contribution in [1.29, 1.82) is 0 Å². The number of H-pyrrole nitrogens is 2. The zero-order chi connectivity index (χ0) is 16.6. The van der Waals surface area contributed by atoms with Crippen molar-refractivity contribution in [3.05, 3.63) is 41.5 Å². The van der Waals surface area contributed by atoms with Crippen molar-refractivity contribution in [1.82, 2.24) is 24.7 Å². The topological polar surface area (TPSA) is 108 Å². The van der Waals surface area contributed by atoms with Crippen LogP contribution in [0.5, 0.6) is 0 Å². The van der Waals surface area contributed by atoms with Crippen LogP contribution in [-0.2, 0) is 16.6 Å². The highest BCUT2D eigenvalue weighted by atomic mass is 32.2. The van der Waals surface area contributed by atoms with Gasteiger partial charge in [0.05, 0.1) is 6.20 Å². The maximum absolute atomic E-state index is 12.8. The van der Waals surface area contributed by atoms with E-state index in [1.807, 2.05) is 6.92 Å². The number of hydrogen-bond donors (Lipinski definition) is 2. The average molecular weight is 335 g/mol. The molecule has 0 bridgehead atoms. The van der Waals surface area contributed by atoms with E-state index in [-0.39, 0.29) is 11.4 Å². The molecule has 2 N–H and O–H groups in total. The SMILES string of the molecule is Cc1[nH]ncc1CN(C)S(=O)(=O)c1cc(-c2ccn[nH]2)oc1C. The van der Waals surface area contributed by atoms with Crippen LogP contribution in [0.1, 0.15) is 17.0 Å². The van der Waals surface area contributed by atoms with Crippen LogP contribution in [0.25, 0.3) is 11.5 Å². The summed E-state index contributed by atoms with van der Waals surface area (Å²) in [6.45, 7) is 3.71. The van der Waals surface area contributed by atoms with E-state index in [0.29, 0.717) is 17.2 Å². The highest BCUT2D eigenvalue weighted by Gasteiger charge is 2.27. The normalized spacial score (nSPS) is 12.2. The number of furan rings is 1. The van der Waals surface area contributed by atoms with Gasteiger partial charge in [-0.2, -0.15) is 14.5 Å².